The van der Waals surface area contributed by atoms with Crippen LogP contribution >= 0.6 is 0 Å². The molecule has 6 heteroatoms. The summed E-state index contributed by atoms with van der Waals surface area (Å²) in [5.74, 6) is -1.04. The molecule has 0 saturated carbocycles. The average Bonchev–Trinajstić information content (AvgIpc) is 2.98. The molecule has 2 heterocycles. The van der Waals surface area contributed by atoms with Crippen molar-refractivity contribution >= 4 is 23.1 Å². The van der Waals surface area contributed by atoms with Crippen molar-refractivity contribution in [1.29, 1.82) is 0 Å². The van der Waals surface area contributed by atoms with Gasteiger partial charge in [-0.05, 0) is 61.3 Å². The van der Waals surface area contributed by atoms with E-state index >= 15 is 0 Å². The summed E-state index contributed by atoms with van der Waals surface area (Å²) in [5, 5.41) is 0. The second-order valence-corrected chi connectivity index (χ2v) is 7.94. The van der Waals surface area contributed by atoms with Gasteiger partial charge in [-0.2, -0.15) is 0 Å². The summed E-state index contributed by atoms with van der Waals surface area (Å²) in [6, 6.07) is 11.5. The minimum absolute atomic E-state index is 0.311. The van der Waals surface area contributed by atoms with Gasteiger partial charge in [-0.1, -0.05) is 25.1 Å². The molecular formula is C24H26FN3O2. The molecule has 4 rings (SSSR count). The maximum Gasteiger partial charge on any atom is 0.282 e. The van der Waals surface area contributed by atoms with Crippen LogP contribution in [-0.2, 0) is 9.59 Å². The highest BCUT2D eigenvalue weighted by Crippen LogP contribution is 2.35. The van der Waals surface area contributed by atoms with E-state index in [1.807, 2.05) is 36.9 Å². The predicted octanol–water partition coefficient (Wildman–Crippen LogP) is 3.36. The van der Waals surface area contributed by atoms with Crippen LogP contribution in [0.3, 0.4) is 0 Å². The van der Waals surface area contributed by atoms with E-state index < -0.39 is 0 Å². The fraction of sp³-hybridized carbons (Fsp3) is 0.333. The molecular weight excluding hydrogens is 381 g/mol. The number of piperazine rings is 1. The topological polar surface area (TPSA) is 43.9 Å². The van der Waals surface area contributed by atoms with Gasteiger partial charge < -0.3 is 9.80 Å². The number of carbonyl (C=O) groups excluding carboxylic acids is 2. The van der Waals surface area contributed by atoms with Crippen molar-refractivity contribution in [2.24, 2.45) is 0 Å². The molecule has 0 aliphatic carbocycles. The van der Waals surface area contributed by atoms with E-state index in [0.29, 0.717) is 35.6 Å². The number of aryl methyl sites for hydroxylation is 2. The molecule has 5 nitrogen and oxygen atoms in total. The number of likely N-dealkylation sites (N-methyl/N-ethyl adjacent to an activating group) is 1. The monoisotopic (exact) mass is 407 g/mol. The van der Waals surface area contributed by atoms with Crippen molar-refractivity contribution in [2.75, 3.05) is 37.6 Å². The molecule has 2 aromatic rings. The lowest BCUT2D eigenvalue weighted by atomic mass is 10.0. The normalized spacial score (nSPS) is 18.0. The van der Waals surface area contributed by atoms with Crippen LogP contribution in [0, 0.1) is 19.7 Å². The summed E-state index contributed by atoms with van der Waals surface area (Å²) in [6.07, 6.45) is 0. The second-order valence-electron chi connectivity index (χ2n) is 7.94. The van der Waals surface area contributed by atoms with Gasteiger partial charge in [0.15, 0.2) is 0 Å². The lowest BCUT2D eigenvalue weighted by molar-refractivity contribution is -0.120. The first kappa shape index (κ1) is 20.3. The first-order valence-electron chi connectivity index (χ1n) is 10.3. The molecule has 2 aliphatic rings. The molecule has 2 amide bonds. The van der Waals surface area contributed by atoms with Crippen LogP contribution in [0.5, 0.6) is 0 Å². The van der Waals surface area contributed by atoms with Gasteiger partial charge in [-0.3, -0.25) is 9.59 Å². The number of halogens is 1. The molecule has 0 radical (unpaired) electrons. The number of rotatable bonds is 4. The third-order valence-electron chi connectivity index (χ3n) is 5.79. The van der Waals surface area contributed by atoms with E-state index in [4.69, 9.17) is 0 Å². The van der Waals surface area contributed by atoms with Gasteiger partial charge in [0, 0.05) is 26.2 Å². The Labute approximate surface area is 176 Å². The molecule has 0 spiro atoms. The van der Waals surface area contributed by atoms with Gasteiger partial charge in [0.05, 0.1) is 11.3 Å². The van der Waals surface area contributed by atoms with Crippen LogP contribution < -0.4 is 4.90 Å². The Kier molecular flexibility index (Phi) is 5.43. The second kappa shape index (κ2) is 8.03. The van der Waals surface area contributed by atoms with E-state index in [2.05, 4.69) is 11.8 Å². The first-order chi connectivity index (χ1) is 14.4. The van der Waals surface area contributed by atoms with Crippen LogP contribution in [0.15, 0.2) is 48.2 Å². The Bertz CT molecular complexity index is 1000. The van der Waals surface area contributed by atoms with Gasteiger partial charge in [-0.25, -0.2) is 9.29 Å². The van der Waals surface area contributed by atoms with Crippen molar-refractivity contribution in [3.63, 3.8) is 0 Å². The zero-order valence-corrected chi connectivity index (χ0v) is 17.6. The van der Waals surface area contributed by atoms with Crippen molar-refractivity contribution < 1.29 is 14.0 Å². The summed E-state index contributed by atoms with van der Waals surface area (Å²) < 4.78 is 13.5. The van der Waals surface area contributed by atoms with Crippen LogP contribution in [0.2, 0.25) is 0 Å². The molecule has 0 unspecified atom stereocenters. The maximum atomic E-state index is 13.6. The van der Waals surface area contributed by atoms with Crippen molar-refractivity contribution in [1.82, 2.24) is 9.80 Å². The highest BCUT2D eigenvalue weighted by molar-refractivity contribution is 6.45. The van der Waals surface area contributed by atoms with Crippen LogP contribution in [0.25, 0.3) is 5.57 Å². The van der Waals surface area contributed by atoms with Crippen molar-refractivity contribution in [3.8, 4) is 0 Å². The Morgan fingerprint density at radius 3 is 2.03 bits per heavy atom. The molecule has 0 aromatic heterocycles. The molecule has 1 fully saturated rings. The Morgan fingerprint density at radius 1 is 0.867 bits per heavy atom. The number of amides is 2. The van der Waals surface area contributed by atoms with Gasteiger partial charge in [-0.15, -0.1) is 0 Å². The van der Waals surface area contributed by atoms with Crippen LogP contribution in [0.1, 0.15) is 23.6 Å². The molecule has 2 aliphatic heterocycles. The summed E-state index contributed by atoms with van der Waals surface area (Å²) in [4.78, 5) is 32.7. The summed E-state index contributed by atoms with van der Waals surface area (Å²) >= 11 is 0. The Hall–Kier alpha value is -2.99. The zero-order chi connectivity index (χ0) is 21.4. The van der Waals surface area contributed by atoms with Crippen LogP contribution in [0.4, 0.5) is 10.1 Å². The number of benzene rings is 2. The minimum Gasteiger partial charge on any atom is -0.364 e. The fourth-order valence-electron chi connectivity index (χ4n) is 4.29. The van der Waals surface area contributed by atoms with E-state index in [0.717, 1.165) is 30.8 Å². The molecule has 0 bridgehead atoms. The smallest absolute Gasteiger partial charge is 0.282 e. The predicted molar refractivity (Wildman–Crippen MR) is 115 cm³/mol. The maximum absolute atomic E-state index is 13.6. The molecule has 30 heavy (non-hydrogen) atoms. The van der Waals surface area contributed by atoms with E-state index in [1.54, 1.807) is 12.1 Å². The van der Waals surface area contributed by atoms with E-state index in [1.165, 1.54) is 17.0 Å². The zero-order valence-electron chi connectivity index (χ0n) is 17.6. The highest BCUT2D eigenvalue weighted by atomic mass is 19.1. The highest BCUT2D eigenvalue weighted by Gasteiger charge is 2.43. The number of imide groups is 1. The summed E-state index contributed by atoms with van der Waals surface area (Å²) in [6.45, 7) is 9.98. The molecule has 156 valence electrons. The third kappa shape index (κ3) is 3.63. The third-order valence-corrected chi connectivity index (χ3v) is 5.79. The Morgan fingerprint density at radius 2 is 1.47 bits per heavy atom. The fourth-order valence-corrected chi connectivity index (χ4v) is 4.29. The van der Waals surface area contributed by atoms with Crippen LogP contribution in [-0.4, -0.2) is 54.3 Å². The lowest BCUT2D eigenvalue weighted by Gasteiger charge is -2.36. The largest absolute Gasteiger partial charge is 0.364 e. The number of hydrogen-bond acceptors (Lipinski definition) is 4. The SMILES string of the molecule is CCN1CCN(C2=C(c3ccc(F)cc3)C(=O)N(c3cc(C)cc(C)c3)C2=O)CC1. The van der Waals surface area contributed by atoms with E-state index in [9.17, 15) is 14.0 Å². The Balaban J connectivity index is 1.79. The number of carbonyl (C=O) groups is 2. The number of nitrogens with zero attached hydrogens (tertiary/aromatic N) is 3. The minimum atomic E-state index is -0.375. The summed E-state index contributed by atoms with van der Waals surface area (Å²) in [5.41, 5.74) is 3.88. The van der Waals surface area contributed by atoms with Crippen molar-refractivity contribution in [2.45, 2.75) is 20.8 Å². The van der Waals surface area contributed by atoms with Gasteiger partial charge in [0.25, 0.3) is 11.8 Å². The first-order valence-corrected chi connectivity index (χ1v) is 10.3. The van der Waals surface area contributed by atoms with Gasteiger partial charge in [0.2, 0.25) is 0 Å². The molecule has 1 saturated heterocycles. The molecule has 2 aromatic carbocycles. The van der Waals surface area contributed by atoms with Gasteiger partial charge in [0.1, 0.15) is 11.5 Å². The lowest BCUT2D eigenvalue weighted by Crippen LogP contribution is -2.47. The van der Waals surface area contributed by atoms with E-state index in [-0.39, 0.29) is 17.6 Å². The number of hydrogen-bond donors (Lipinski definition) is 0. The quantitative estimate of drug-likeness (QED) is 0.729. The number of anilines is 1. The van der Waals surface area contributed by atoms with Gasteiger partial charge >= 0.3 is 0 Å². The van der Waals surface area contributed by atoms with Crippen molar-refractivity contribution in [3.05, 3.63) is 70.7 Å². The summed E-state index contributed by atoms with van der Waals surface area (Å²) in [7, 11) is 0. The molecule has 0 atom stereocenters. The average molecular weight is 407 g/mol. The molecule has 0 N–H and O–H groups in total. The standard InChI is InChI=1S/C24H26FN3O2/c1-4-26-9-11-27(12-10-26)22-21(18-5-7-19(25)8-6-18)23(29)28(24(22)30)20-14-16(2)13-17(3)15-20/h5-8,13-15H,4,9-12H2,1-3H3.